The van der Waals surface area contributed by atoms with Crippen molar-refractivity contribution in [3.63, 3.8) is 0 Å². The lowest BCUT2D eigenvalue weighted by atomic mass is 10.1. The number of methoxy groups -OCH3 is 2. The lowest BCUT2D eigenvalue weighted by Crippen LogP contribution is -2.32. The van der Waals surface area contributed by atoms with Crippen molar-refractivity contribution in [1.82, 2.24) is 10.0 Å². The molecule has 0 heterocycles. The second-order valence-electron chi connectivity index (χ2n) is 7.32. The summed E-state index contributed by atoms with van der Waals surface area (Å²) in [5, 5.41) is 3.00. The molecule has 0 radical (unpaired) electrons. The minimum absolute atomic E-state index is 0.132. The Morgan fingerprint density at radius 1 is 1.00 bits per heavy atom. The van der Waals surface area contributed by atoms with Gasteiger partial charge in [-0.25, -0.2) is 13.1 Å². The van der Waals surface area contributed by atoms with Crippen LogP contribution in [-0.4, -0.2) is 41.1 Å². The fourth-order valence-electron chi connectivity index (χ4n) is 3.57. The number of sulfonamides is 1. The van der Waals surface area contributed by atoms with E-state index >= 15 is 0 Å². The van der Waals surface area contributed by atoms with E-state index < -0.39 is 10.0 Å². The molecule has 1 amide bonds. The van der Waals surface area contributed by atoms with Gasteiger partial charge in [-0.3, -0.25) is 4.79 Å². The van der Waals surface area contributed by atoms with E-state index in [0.717, 1.165) is 31.2 Å². The van der Waals surface area contributed by atoms with Gasteiger partial charge < -0.3 is 14.8 Å². The van der Waals surface area contributed by atoms with Gasteiger partial charge in [-0.1, -0.05) is 18.9 Å². The molecule has 0 bridgehead atoms. The summed E-state index contributed by atoms with van der Waals surface area (Å²) in [7, 11) is -0.539. The van der Waals surface area contributed by atoms with Crippen LogP contribution in [0, 0.1) is 0 Å². The molecule has 2 N–H and O–H groups in total. The molecule has 3 rings (SSSR count). The zero-order chi connectivity index (χ0) is 21.6. The van der Waals surface area contributed by atoms with Gasteiger partial charge >= 0.3 is 0 Å². The number of ether oxygens (including phenoxy) is 2. The van der Waals surface area contributed by atoms with Crippen molar-refractivity contribution >= 4 is 15.9 Å². The quantitative estimate of drug-likeness (QED) is 0.636. The number of rotatable bonds is 9. The van der Waals surface area contributed by atoms with Crippen LogP contribution in [0.15, 0.2) is 47.4 Å². The smallest absolute Gasteiger partial charge is 0.251 e. The largest absolute Gasteiger partial charge is 0.493 e. The highest BCUT2D eigenvalue weighted by Crippen LogP contribution is 2.27. The summed E-state index contributed by atoms with van der Waals surface area (Å²) in [6.45, 7) is 0.238. The molecule has 8 heteroatoms. The first-order chi connectivity index (χ1) is 14.4. The first kappa shape index (κ1) is 22.1. The van der Waals surface area contributed by atoms with Crippen molar-refractivity contribution in [2.45, 2.75) is 43.0 Å². The Morgan fingerprint density at radius 3 is 2.30 bits per heavy atom. The number of carbonyl (C=O) groups excluding carboxylic acids is 1. The van der Waals surface area contributed by atoms with E-state index in [2.05, 4.69) is 10.0 Å². The predicted molar refractivity (Wildman–Crippen MR) is 115 cm³/mol. The molecule has 0 unspecified atom stereocenters. The van der Waals surface area contributed by atoms with Crippen molar-refractivity contribution in [1.29, 1.82) is 0 Å². The molecule has 1 saturated carbocycles. The van der Waals surface area contributed by atoms with Crippen LogP contribution in [0.4, 0.5) is 0 Å². The van der Waals surface area contributed by atoms with Crippen molar-refractivity contribution in [3.8, 4) is 11.5 Å². The average Bonchev–Trinajstić information content (AvgIpc) is 3.26. The standard InChI is InChI=1S/C22H28N2O5S/c1-28-20-12-7-16(15-21(20)29-2)13-14-23-30(26,27)19-10-8-17(9-11-19)22(25)24-18-5-3-4-6-18/h7-12,15,18,23H,3-6,13-14H2,1-2H3,(H,24,25). The van der Waals surface area contributed by atoms with Crippen molar-refractivity contribution < 1.29 is 22.7 Å². The molecule has 0 spiro atoms. The minimum atomic E-state index is -3.66. The Labute approximate surface area is 177 Å². The van der Waals surface area contributed by atoms with Crippen LogP contribution in [0.5, 0.6) is 11.5 Å². The summed E-state index contributed by atoms with van der Waals surface area (Å²) < 4.78 is 38.2. The van der Waals surface area contributed by atoms with Crippen molar-refractivity contribution in [2.75, 3.05) is 20.8 Å². The van der Waals surface area contributed by atoms with Gasteiger partial charge in [0.25, 0.3) is 5.91 Å². The normalized spacial score (nSPS) is 14.5. The molecule has 0 aromatic heterocycles. The Hall–Kier alpha value is -2.58. The first-order valence-electron chi connectivity index (χ1n) is 10.0. The van der Waals surface area contributed by atoms with Crippen LogP contribution in [0.25, 0.3) is 0 Å². The van der Waals surface area contributed by atoms with Crippen LogP contribution in [0.2, 0.25) is 0 Å². The molecule has 162 valence electrons. The molecule has 0 saturated heterocycles. The SMILES string of the molecule is COc1ccc(CCNS(=O)(=O)c2ccc(C(=O)NC3CCCC3)cc2)cc1OC. The maximum Gasteiger partial charge on any atom is 0.251 e. The molecular formula is C22H28N2O5S. The summed E-state index contributed by atoms with van der Waals surface area (Å²) >= 11 is 0. The molecule has 7 nitrogen and oxygen atoms in total. The molecule has 1 aliphatic rings. The second-order valence-corrected chi connectivity index (χ2v) is 9.08. The summed E-state index contributed by atoms with van der Waals surface area (Å²) in [5.41, 5.74) is 1.39. The zero-order valence-corrected chi connectivity index (χ0v) is 18.1. The highest BCUT2D eigenvalue weighted by Gasteiger charge is 2.19. The fourth-order valence-corrected chi connectivity index (χ4v) is 4.61. The summed E-state index contributed by atoms with van der Waals surface area (Å²) in [4.78, 5) is 12.4. The summed E-state index contributed by atoms with van der Waals surface area (Å²) in [5.74, 6) is 1.07. The van der Waals surface area contributed by atoms with Gasteiger partial charge in [-0.05, 0) is 61.2 Å². The minimum Gasteiger partial charge on any atom is -0.493 e. The monoisotopic (exact) mass is 432 g/mol. The first-order valence-corrected chi connectivity index (χ1v) is 11.5. The number of hydrogen-bond acceptors (Lipinski definition) is 5. The summed E-state index contributed by atoms with van der Waals surface area (Å²) in [6, 6.07) is 11.7. The van der Waals surface area contributed by atoms with Gasteiger partial charge in [0.05, 0.1) is 19.1 Å². The molecule has 0 atom stereocenters. The topological polar surface area (TPSA) is 93.7 Å². The van der Waals surface area contributed by atoms with Crippen LogP contribution in [0.1, 0.15) is 41.6 Å². The number of nitrogens with one attached hydrogen (secondary N) is 2. The average molecular weight is 433 g/mol. The van der Waals surface area contributed by atoms with Gasteiger partial charge in [-0.2, -0.15) is 0 Å². The third-order valence-electron chi connectivity index (χ3n) is 5.27. The van der Waals surface area contributed by atoms with Gasteiger partial charge in [0.15, 0.2) is 11.5 Å². The Balaban J connectivity index is 1.57. The van der Waals surface area contributed by atoms with E-state index in [9.17, 15) is 13.2 Å². The Bertz CT molecular complexity index is 968. The van der Waals surface area contributed by atoms with Crippen LogP contribution in [0.3, 0.4) is 0 Å². The third-order valence-corrected chi connectivity index (χ3v) is 6.75. The van der Waals surface area contributed by atoms with Gasteiger partial charge in [0, 0.05) is 18.2 Å². The zero-order valence-electron chi connectivity index (χ0n) is 17.3. The second kappa shape index (κ2) is 9.95. The maximum atomic E-state index is 12.5. The van der Waals surface area contributed by atoms with Crippen LogP contribution in [-0.2, 0) is 16.4 Å². The van der Waals surface area contributed by atoms with Crippen LogP contribution < -0.4 is 19.5 Å². The fraction of sp³-hybridized carbons (Fsp3) is 0.409. The van der Waals surface area contributed by atoms with Gasteiger partial charge in [-0.15, -0.1) is 0 Å². The number of carbonyl (C=O) groups is 1. The predicted octanol–water partition coefficient (Wildman–Crippen LogP) is 2.90. The number of benzene rings is 2. The van der Waals surface area contributed by atoms with E-state index in [1.54, 1.807) is 32.4 Å². The molecule has 30 heavy (non-hydrogen) atoms. The van der Waals surface area contributed by atoms with E-state index in [-0.39, 0.29) is 23.4 Å². The number of amides is 1. The molecule has 2 aromatic rings. The molecule has 0 aliphatic heterocycles. The van der Waals surface area contributed by atoms with Crippen molar-refractivity contribution in [3.05, 3.63) is 53.6 Å². The molecule has 2 aromatic carbocycles. The van der Waals surface area contributed by atoms with Crippen molar-refractivity contribution in [2.24, 2.45) is 0 Å². The van der Waals surface area contributed by atoms with E-state index in [1.807, 2.05) is 12.1 Å². The Morgan fingerprint density at radius 2 is 1.67 bits per heavy atom. The lowest BCUT2D eigenvalue weighted by molar-refractivity contribution is 0.0937. The highest BCUT2D eigenvalue weighted by molar-refractivity contribution is 7.89. The van der Waals surface area contributed by atoms with E-state index in [0.29, 0.717) is 23.5 Å². The highest BCUT2D eigenvalue weighted by atomic mass is 32.2. The Kier molecular flexibility index (Phi) is 7.33. The molecule has 1 fully saturated rings. The molecular weight excluding hydrogens is 404 g/mol. The summed E-state index contributed by atoms with van der Waals surface area (Å²) in [6.07, 6.45) is 4.78. The number of hydrogen-bond donors (Lipinski definition) is 2. The van der Waals surface area contributed by atoms with E-state index in [4.69, 9.17) is 9.47 Å². The lowest BCUT2D eigenvalue weighted by Gasteiger charge is -2.12. The third kappa shape index (κ3) is 5.52. The van der Waals surface area contributed by atoms with Gasteiger partial charge in [0.1, 0.15) is 0 Å². The van der Waals surface area contributed by atoms with Gasteiger partial charge in [0.2, 0.25) is 10.0 Å². The molecule has 1 aliphatic carbocycles. The van der Waals surface area contributed by atoms with E-state index in [1.165, 1.54) is 12.1 Å². The van der Waals surface area contributed by atoms with Crippen LogP contribution >= 0.6 is 0 Å². The maximum absolute atomic E-state index is 12.5.